The number of halogens is 1. The van der Waals surface area contributed by atoms with Crippen LogP contribution in [0.1, 0.15) is 88.3 Å². The fraction of sp³-hybridized carbons (Fsp3) is 0.420. The second-order valence-corrected chi connectivity index (χ2v) is 20.3. The number of fused-ring (bicyclic) bond motifs is 2. The summed E-state index contributed by atoms with van der Waals surface area (Å²) in [6.45, 7) is 5.29. The summed E-state index contributed by atoms with van der Waals surface area (Å²) in [4.78, 5) is 66.2. The Bertz CT molecular complexity index is 2890. The first-order valence-corrected chi connectivity index (χ1v) is 24.9. The lowest BCUT2D eigenvalue weighted by Crippen LogP contribution is -2.52. The van der Waals surface area contributed by atoms with Crippen molar-refractivity contribution in [2.45, 2.75) is 69.6 Å². The molecule has 16 nitrogen and oxygen atoms in total. The Kier molecular flexibility index (Phi) is 12.4. The van der Waals surface area contributed by atoms with Crippen LogP contribution in [0.15, 0.2) is 73.1 Å². The number of ether oxygens (including phenoxy) is 2. The molecule has 356 valence electrons. The van der Waals surface area contributed by atoms with Crippen molar-refractivity contribution in [1.82, 2.24) is 29.4 Å². The molecule has 10 rings (SSSR count). The number of nitrogens with zero attached hydrogens (tertiary/aromatic N) is 5. The van der Waals surface area contributed by atoms with Gasteiger partial charge in [0.1, 0.15) is 29.2 Å². The zero-order valence-electron chi connectivity index (χ0n) is 38.1. The Balaban J connectivity index is 0.743. The number of anilines is 2. The van der Waals surface area contributed by atoms with Crippen molar-refractivity contribution in [3.8, 4) is 22.6 Å². The van der Waals surface area contributed by atoms with Gasteiger partial charge in [0.05, 0.1) is 19.9 Å². The molecule has 0 radical (unpaired) electrons. The van der Waals surface area contributed by atoms with E-state index < -0.39 is 28.2 Å². The van der Waals surface area contributed by atoms with Gasteiger partial charge in [-0.2, -0.15) is 12.7 Å². The molecule has 1 unspecified atom stereocenters. The number of rotatable bonds is 13. The molecule has 3 amide bonds. The van der Waals surface area contributed by atoms with Gasteiger partial charge in [-0.15, -0.1) is 0 Å². The number of hydrogen-bond acceptors (Lipinski definition) is 11. The quantitative estimate of drug-likeness (QED) is 0.0924. The Morgan fingerprint density at radius 1 is 0.882 bits per heavy atom. The van der Waals surface area contributed by atoms with E-state index in [-0.39, 0.29) is 66.4 Å². The topological polar surface area (TPSA) is 187 Å². The number of hydrogen-bond donors (Lipinski definition) is 3. The molecule has 5 aliphatic heterocycles. The third-order valence-electron chi connectivity index (χ3n) is 14.5. The molecule has 0 spiro atoms. The lowest BCUT2D eigenvalue weighted by Gasteiger charge is -2.38. The van der Waals surface area contributed by atoms with Gasteiger partial charge in [0.2, 0.25) is 17.6 Å². The van der Waals surface area contributed by atoms with Gasteiger partial charge in [-0.25, -0.2) is 9.37 Å². The number of aromatic amines is 1. The average molecular weight is 947 g/mol. The molecule has 5 aromatic rings. The smallest absolute Gasteiger partial charge is 0.301 e. The Morgan fingerprint density at radius 2 is 1.66 bits per heavy atom. The second kappa shape index (κ2) is 18.6. The van der Waals surface area contributed by atoms with Crippen LogP contribution in [0.5, 0.6) is 11.5 Å². The van der Waals surface area contributed by atoms with Crippen LogP contribution >= 0.6 is 0 Å². The fourth-order valence-corrected chi connectivity index (χ4v) is 12.0. The number of carbonyl (C=O) groups excluding carboxylic acids is 4. The van der Waals surface area contributed by atoms with Crippen LogP contribution in [0, 0.1) is 5.92 Å². The molecular weight excluding hydrogens is 892 g/mol. The van der Waals surface area contributed by atoms with E-state index in [4.69, 9.17) is 9.47 Å². The molecule has 3 N–H and O–H groups in total. The zero-order valence-corrected chi connectivity index (χ0v) is 38.9. The number of carbonyl (C=O) groups is 4. The zero-order chi connectivity index (χ0) is 47.3. The molecule has 0 aliphatic carbocycles. The summed E-state index contributed by atoms with van der Waals surface area (Å²) in [7, 11) is -1.37. The first-order chi connectivity index (χ1) is 32.9. The summed E-state index contributed by atoms with van der Waals surface area (Å²) in [6.07, 6.45) is 7.14. The van der Waals surface area contributed by atoms with Crippen molar-refractivity contribution >= 4 is 56.1 Å². The van der Waals surface area contributed by atoms with Crippen LogP contribution in [0.25, 0.3) is 22.2 Å². The third kappa shape index (κ3) is 8.80. The predicted molar refractivity (Wildman–Crippen MR) is 254 cm³/mol. The minimum absolute atomic E-state index is 0.0240. The normalized spacial score (nSPS) is 21.1. The molecule has 0 bridgehead atoms. The minimum atomic E-state index is -4.13. The molecule has 2 atom stereocenters. The maximum absolute atomic E-state index is 14.4. The van der Waals surface area contributed by atoms with Crippen molar-refractivity contribution in [3.63, 3.8) is 0 Å². The van der Waals surface area contributed by atoms with E-state index in [1.54, 1.807) is 17.3 Å². The van der Waals surface area contributed by atoms with Gasteiger partial charge in [-0.05, 0) is 117 Å². The molecule has 18 heteroatoms. The molecule has 5 aliphatic rings. The standard InChI is InChI=1S/C50H55FN8O8S/c1-66-43-11-9-41(55-68(64,65)58-22-17-36(51)29-58)47(67-2)45(43)46(61)40-26-53-48-39(40)24-34(25-52-48)31-3-6-37(7-4-31)57-20-13-30(14-21-57)27-56-18-15-32(16-19-56)33-5-8-38-35(23-33)28-59(50(38)63)42-10-12-44(60)54-49(42)62/h3-9,11,23-26,30,32,36,42,55H,10,12-22,27-29H2,1-2H3,(H,52,53)(H,54,60,62)/t36-,42?/m1/s1. The molecule has 2 aromatic heterocycles. The van der Waals surface area contributed by atoms with Crippen LogP contribution in [0.3, 0.4) is 0 Å². The van der Waals surface area contributed by atoms with Crippen molar-refractivity contribution in [3.05, 3.63) is 101 Å². The number of likely N-dealkylation sites (tertiary alicyclic amines) is 1. The van der Waals surface area contributed by atoms with Crippen LogP contribution in [0.4, 0.5) is 15.8 Å². The van der Waals surface area contributed by atoms with Crippen LogP contribution in [-0.4, -0.2) is 128 Å². The summed E-state index contributed by atoms with van der Waals surface area (Å²) >= 11 is 0. The summed E-state index contributed by atoms with van der Waals surface area (Å²) < 4.78 is 55.0. The largest absolute Gasteiger partial charge is 0.496 e. The van der Waals surface area contributed by atoms with E-state index in [2.05, 4.69) is 66.2 Å². The summed E-state index contributed by atoms with van der Waals surface area (Å²) in [5.41, 5.74) is 6.64. The lowest BCUT2D eigenvalue weighted by atomic mass is 9.87. The number of benzene rings is 3. The second-order valence-electron chi connectivity index (χ2n) is 18.6. The highest BCUT2D eigenvalue weighted by atomic mass is 32.2. The van der Waals surface area contributed by atoms with Crippen molar-refractivity contribution in [1.29, 1.82) is 0 Å². The SMILES string of the molecule is COc1ccc(NS(=O)(=O)N2CC[C@@H](F)C2)c(OC)c1C(=O)c1c[nH]c2ncc(-c3ccc(N4CCC(CN5CCC(c6ccc7c(c6)CN(C6CCC(=O)NC6=O)C7=O)CC5)CC4)cc3)cc12. The number of aromatic nitrogens is 2. The highest BCUT2D eigenvalue weighted by Gasteiger charge is 2.40. The number of methoxy groups -OCH3 is 2. The van der Waals surface area contributed by atoms with Gasteiger partial charge in [-0.1, -0.05) is 24.3 Å². The molecule has 0 saturated carbocycles. The van der Waals surface area contributed by atoms with Gasteiger partial charge in [-0.3, -0.25) is 29.2 Å². The average Bonchev–Trinajstić information content (AvgIpc) is 4.08. The highest BCUT2D eigenvalue weighted by molar-refractivity contribution is 7.90. The van der Waals surface area contributed by atoms with E-state index >= 15 is 0 Å². The number of amides is 3. The van der Waals surface area contributed by atoms with Crippen molar-refractivity contribution < 1.29 is 41.5 Å². The third-order valence-corrected chi connectivity index (χ3v) is 16.0. The predicted octanol–water partition coefficient (Wildman–Crippen LogP) is 6.04. The number of nitrogens with one attached hydrogen (secondary N) is 3. The first-order valence-electron chi connectivity index (χ1n) is 23.4. The van der Waals surface area contributed by atoms with Gasteiger partial charge in [0.25, 0.3) is 5.91 Å². The lowest BCUT2D eigenvalue weighted by molar-refractivity contribution is -0.136. The number of ketones is 1. The maximum atomic E-state index is 14.4. The van der Waals surface area contributed by atoms with E-state index in [0.717, 1.165) is 85.1 Å². The molecule has 68 heavy (non-hydrogen) atoms. The van der Waals surface area contributed by atoms with Crippen LogP contribution < -0.4 is 24.4 Å². The van der Waals surface area contributed by atoms with E-state index in [9.17, 15) is 32.0 Å². The Morgan fingerprint density at radius 3 is 2.37 bits per heavy atom. The molecular formula is C50H55FN8O8S. The minimum Gasteiger partial charge on any atom is -0.496 e. The number of imide groups is 1. The van der Waals surface area contributed by atoms with E-state index in [0.29, 0.717) is 47.0 Å². The first kappa shape index (κ1) is 45.4. The Hall–Kier alpha value is -6.37. The molecule has 4 fully saturated rings. The number of pyridine rings is 1. The fourth-order valence-electron chi connectivity index (χ4n) is 10.7. The Labute approximate surface area is 394 Å². The van der Waals surface area contributed by atoms with Gasteiger partial charge < -0.3 is 29.2 Å². The maximum Gasteiger partial charge on any atom is 0.301 e. The highest BCUT2D eigenvalue weighted by Crippen LogP contribution is 2.40. The van der Waals surface area contributed by atoms with Crippen LogP contribution in [0.2, 0.25) is 0 Å². The summed E-state index contributed by atoms with van der Waals surface area (Å²) in [5, 5.41) is 2.95. The van der Waals surface area contributed by atoms with Crippen LogP contribution in [-0.2, 0) is 26.3 Å². The molecule has 4 saturated heterocycles. The van der Waals surface area contributed by atoms with Gasteiger partial charge in [0, 0.05) is 85.8 Å². The van der Waals surface area contributed by atoms with E-state index in [1.807, 2.05) is 12.1 Å². The van der Waals surface area contributed by atoms with Crippen molar-refractivity contribution in [2.75, 3.05) is 69.7 Å². The summed E-state index contributed by atoms with van der Waals surface area (Å²) in [5.74, 6) is -0.0558. The van der Waals surface area contributed by atoms with Gasteiger partial charge in [0.15, 0.2) is 5.75 Å². The summed E-state index contributed by atoms with van der Waals surface area (Å²) in [6, 6.07) is 18.8. The van der Waals surface area contributed by atoms with Crippen molar-refractivity contribution in [2.24, 2.45) is 5.92 Å². The number of piperidine rings is 3. The van der Waals surface area contributed by atoms with E-state index in [1.165, 1.54) is 31.9 Å². The monoisotopic (exact) mass is 946 g/mol. The molecule has 3 aromatic carbocycles. The molecule has 7 heterocycles. The van der Waals surface area contributed by atoms with Gasteiger partial charge >= 0.3 is 10.2 Å². The number of alkyl halides is 1. The number of H-pyrrole nitrogens is 1.